The van der Waals surface area contributed by atoms with Gasteiger partial charge in [-0.2, -0.15) is 0 Å². The smallest absolute Gasteiger partial charge is 0.236 e. The van der Waals surface area contributed by atoms with Gasteiger partial charge in [0.15, 0.2) is 0 Å². The summed E-state index contributed by atoms with van der Waals surface area (Å²) in [6, 6.07) is 0.378. The van der Waals surface area contributed by atoms with Gasteiger partial charge < -0.3 is 10.6 Å². The van der Waals surface area contributed by atoms with Gasteiger partial charge in [-0.3, -0.25) is 4.79 Å². The van der Waals surface area contributed by atoms with Crippen molar-refractivity contribution >= 4 is 5.91 Å². The van der Waals surface area contributed by atoms with E-state index in [2.05, 4.69) is 29.7 Å². The maximum absolute atomic E-state index is 11.7. The fourth-order valence-corrected chi connectivity index (χ4v) is 1.92. The molecule has 0 aromatic heterocycles. The molecule has 0 fully saturated rings. The van der Waals surface area contributed by atoms with E-state index in [1.807, 2.05) is 6.92 Å². The van der Waals surface area contributed by atoms with E-state index in [-0.39, 0.29) is 11.9 Å². The van der Waals surface area contributed by atoms with Crippen LogP contribution in [0.1, 0.15) is 46.0 Å². The maximum Gasteiger partial charge on any atom is 0.236 e. The zero-order valence-corrected chi connectivity index (χ0v) is 10.5. The number of unbranched alkanes of at least 4 members (excludes halogenated alkanes) is 2. The third-order valence-corrected chi connectivity index (χ3v) is 2.97. The van der Waals surface area contributed by atoms with Crippen molar-refractivity contribution in [3.8, 4) is 0 Å². The second-order valence-corrected chi connectivity index (χ2v) is 4.53. The van der Waals surface area contributed by atoms with Crippen molar-refractivity contribution in [2.24, 2.45) is 0 Å². The van der Waals surface area contributed by atoms with Crippen LogP contribution in [0.2, 0.25) is 0 Å². The van der Waals surface area contributed by atoms with Crippen LogP contribution in [0.3, 0.4) is 0 Å². The van der Waals surface area contributed by atoms with E-state index in [4.69, 9.17) is 0 Å². The summed E-state index contributed by atoms with van der Waals surface area (Å²) >= 11 is 0. The number of carbonyl (C=O) groups excluding carboxylic acids is 1. The Kier molecular flexibility index (Phi) is 6.16. The molecular formula is C13H24N2O. The summed E-state index contributed by atoms with van der Waals surface area (Å²) in [5.41, 5.74) is 0. The highest BCUT2D eigenvalue weighted by Gasteiger charge is 2.17. The number of hydrogen-bond donors (Lipinski definition) is 2. The van der Waals surface area contributed by atoms with Crippen molar-refractivity contribution in [3.05, 3.63) is 12.2 Å². The Morgan fingerprint density at radius 3 is 2.69 bits per heavy atom. The largest absolute Gasteiger partial charge is 0.355 e. The van der Waals surface area contributed by atoms with Gasteiger partial charge in [0.1, 0.15) is 0 Å². The number of rotatable bonds is 7. The van der Waals surface area contributed by atoms with Crippen molar-refractivity contribution in [1.82, 2.24) is 10.6 Å². The van der Waals surface area contributed by atoms with Crippen LogP contribution in [-0.2, 0) is 4.79 Å². The van der Waals surface area contributed by atoms with Crippen molar-refractivity contribution in [1.29, 1.82) is 0 Å². The molecule has 0 aromatic rings. The molecule has 92 valence electrons. The molecule has 0 aliphatic heterocycles. The van der Waals surface area contributed by atoms with Gasteiger partial charge in [0, 0.05) is 12.6 Å². The molecule has 3 heteroatoms. The minimum Gasteiger partial charge on any atom is -0.355 e. The van der Waals surface area contributed by atoms with E-state index < -0.39 is 0 Å². The molecule has 1 amide bonds. The summed E-state index contributed by atoms with van der Waals surface area (Å²) in [6.45, 7) is 4.91. The molecule has 0 saturated heterocycles. The van der Waals surface area contributed by atoms with Gasteiger partial charge in [0.25, 0.3) is 0 Å². The Bertz CT molecular complexity index is 230. The average molecular weight is 224 g/mol. The fraction of sp³-hybridized carbons (Fsp3) is 0.769. The molecule has 0 aromatic carbocycles. The number of amides is 1. The summed E-state index contributed by atoms with van der Waals surface area (Å²) in [4.78, 5) is 11.7. The van der Waals surface area contributed by atoms with Crippen LogP contribution in [0.5, 0.6) is 0 Å². The minimum atomic E-state index is -0.0773. The Balaban J connectivity index is 2.10. The second kappa shape index (κ2) is 7.44. The molecule has 1 unspecified atom stereocenters. The van der Waals surface area contributed by atoms with Gasteiger partial charge >= 0.3 is 0 Å². The number of hydrogen-bond acceptors (Lipinski definition) is 2. The van der Waals surface area contributed by atoms with Crippen LogP contribution < -0.4 is 10.6 Å². The molecule has 0 radical (unpaired) electrons. The molecule has 1 aliphatic rings. The van der Waals surface area contributed by atoms with Gasteiger partial charge in [-0.05, 0) is 26.2 Å². The first-order valence-electron chi connectivity index (χ1n) is 6.42. The van der Waals surface area contributed by atoms with Crippen LogP contribution in [0.15, 0.2) is 12.2 Å². The monoisotopic (exact) mass is 224 g/mol. The van der Waals surface area contributed by atoms with E-state index in [1.165, 1.54) is 12.8 Å². The van der Waals surface area contributed by atoms with Crippen molar-refractivity contribution in [3.63, 3.8) is 0 Å². The van der Waals surface area contributed by atoms with Gasteiger partial charge in [-0.1, -0.05) is 31.9 Å². The van der Waals surface area contributed by atoms with Gasteiger partial charge in [-0.15, -0.1) is 0 Å². The molecular weight excluding hydrogens is 200 g/mol. The minimum absolute atomic E-state index is 0.0773. The Hall–Kier alpha value is -0.830. The van der Waals surface area contributed by atoms with Gasteiger partial charge in [0.2, 0.25) is 5.91 Å². The second-order valence-electron chi connectivity index (χ2n) is 4.53. The predicted octanol–water partition coefficient (Wildman–Crippen LogP) is 1.99. The first-order valence-corrected chi connectivity index (χ1v) is 6.42. The van der Waals surface area contributed by atoms with Crippen LogP contribution in [0, 0.1) is 0 Å². The number of nitrogens with one attached hydrogen (secondary N) is 2. The maximum atomic E-state index is 11.7. The van der Waals surface area contributed by atoms with Gasteiger partial charge in [-0.25, -0.2) is 0 Å². The summed E-state index contributed by atoms with van der Waals surface area (Å²) in [6.07, 6.45) is 9.90. The Labute approximate surface area is 98.7 Å². The molecule has 0 heterocycles. The number of carbonyl (C=O) groups is 1. The van der Waals surface area contributed by atoms with Crippen LogP contribution in [0.4, 0.5) is 0 Å². The average Bonchev–Trinajstić information content (AvgIpc) is 2.76. The quantitative estimate of drug-likeness (QED) is 0.513. The molecule has 16 heavy (non-hydrogen) atoms. The molecule has 0 saturated carbocycles. The van der Waals surface area contributed by atoms with Crippen molar-refractivity contribution in [2.45, 2.75) is 58.0 Å². The molecule has 1 atom stereocenters. The van der Waals surface area contributed by atoms with Crippen LogP contribution in [0.25, 0.3) is 0 Å². The Morgan fingerprint density at radius 2 is 2.06 bits per heavy atom. The lowest BCUT2D eigenvalue weighted by Gasteiger charge is -2.18. The third kappa shape index (κ3) is 4.79. The summed E-state index contributed by atoms with van der Waals surface area (Å²) in [5, 5.41) is 6.31. The third-order valence-electron chi connectivity index (χ3n) is 2.97. The normalized spacial score (nSPS) is 17.6. The topological polar surface area (TPSA) is 41.1 Å². The van der Waals surface area contributed by atoms with Crippen molar-refractivity contribution < 1.29 is 4.79 Å². The highest BCUT2D eigenvalue weighted by molar-refractivity contribution is 5.81. The van der Waals surface area contributed by atoms with Crippen LogP contribution in [-0.4, -0.2) is 24.5 Å². The van der Waals surface area contributed by atoms with E-state index >= 15 is 0 Å². The lowest BCUT2D eigenvalue weighted by Crippen LogP contribution is -2.46. The summed E-state index contributed by atoms with van der Waals surface area (Å²) in [5.74, 6) is 0.128. The summed E-state index contributed by atoms with van der Waals surface area (Å²) in [7, 11) is 0. The van der Waals surface area contributed by atoms with Gasteiger partial charge in [0.05, 0.1) is 6.04 Å². The zero-order valence-electron chi connectivity index (χ0n) is 10.5. The molecule has 0 spiro atoms. The summed E-state index contributed by atoms with van der Waals surface area (Å²) < 4.78 is 0. The van der Waals surface area contributed by atoms with Crippen molar-refractivity contribution in [2.75, 3.05) is 6.54 Å². The van der Waals surface area contributed by atoms with E-state index in [1.54, 1.807) is 0 Å². The highest BCUT2D eigenvalue weighted by atomic mass is 16.2. The molecule has 2 N–H and O–H groups in total. The molecule has 0 bridgehead atoms. The van der Waals surface area contributed by atoms with E-state index in [9.17, 15) is 4.79 Å². The first kappa shape index (κ1) is 13.2. The zero-order chi connectivity index (χ0) is 11.8. The first-order chi connectivity index (χ1) is 7.74. The molecule has 3 nitrogen and oxygen atoms in total. The van der Waals surface area contributed by atoms with E-state index in [0.29, 0.717) is 6.04 Å². The molecule has 1 rings (SSSR count). The lowest BCUT2D eigenvalue weighted by atomic mass is 10.2. The SMILES string of the molecule is CCCCCNC(=O)C(C)NC1CC=CC1. The van der Waals surface area contributed by atoms with Crippen LogP contribution >= 0.6 is 0 Å². The predicted molar refractivity (Wildman–Crippen MR) is 67.3 cm³/mol. The lowest BCUT2D eigenvalue weighted by molar-refractivity contribution is -0.122. The van der Waals surface area contributed by atoms with E-state index in [0.717, 1.165) is 25.8 Å². The standard InChI is InChI=1S/C13H24N2O/c1-3-4-7-10-14-13(16)11(2)15-12-8-5-6-9-12/h5-6,11-12,15H,3-4,7-10H2,1-2H3,(H,14,16). The fourth-order valence-electron chi connectivity index (χ4n) is 1.92. The highest BCUT2D eigenvalue weighted by Crippen LogP contribution is 2.09. The molecule has 1 aliphatic carbocycles. The Morgan fingerprint density at radius 1 is 1.38 bits per heavy atom.